The normalized spacial score (nSPS) is 9.75. The zero-order valence-electron chi connectivity index (χ0n) is 6.86. The highest BCUT2D eigenvalue weighted by molar-refractivity contribution is 8.00. The summed E-state index contributed by atoms with van der Waals surface area (Å²) in [5.74, 6) is 0.0570. The molecule has 0 aliphatic rings. The summed E-state index contributed by atoms with van der Waals surface area (Å²) in [5.41, 5.74) is 5.01. The second kappa shape index (κ2) is 4.11. The summed E-state index contributed by atoms with van der Waals surface area (Å²) in [6.07, 6.45) is 3.87. The monoisotopic (exact) mass is 183 g/mol. The van der Waals surface area contributed by atoms with Crippen LogP contribution in [0.3, 0.4) is 0 Å². The highest BCUT2D eigenvalue weighted by Crippen LogP contribution is 2.14. The highest BCUT2D eigenvalue weighted by atomic mass is 32.2. The number of rotatable bonds is 3. The van der Waals surface area contributed by atoms with E-state index < -0.39 is 0 Å². The Balaban J connectivity index is 2.53. The van der Waals surface area contributed by atoms with E-state index in [1.807, 2.05) is 36.1 Å². The molecule has 1 heterocycles. The summed E-state index contributed by atoms with van der Waals surface area (Å²) in [7, 11) is 1.95. The van der Waals surface area contributed by atoms with E-state index in [1.54, 1.807) is 0 Å². The molecule has 1 rings (SSSR count). The van der Waals surface area contributed by atoms with Gasteiger partial charge in [-0.3, -0.25) is 4.79 Å². The molecule has 1 amide bonds. The van der Waals surface area contributed by atoms with Crippen molar-refractivity contribution in [3.8, 4) is 0 Å². The van der Waals surface area contributed by atoms with Crippen LogP contribution in [0.25, 0.3) is 0 Å². The number of aromatic nitrogens is 1. The lowest BCUT2D eigenvalue weighted by atomic mass is 10.5. The highest BCUT2D eigenvalue weighted by Gasteiger charge is 1.98. The first-order chi connectivity index (χ1) is 5.68. The molecule has 0 saturated heterocycles. The minimum absolute atomic E-state index is 0.284. The van der Waals surface area contributed by atoms with Gasteiger partial charge in [0.25, 0.3) is 0 Å². The van der Waals surface area contributed by atoms with Crippen molar-refractivity contribution in [1.82, 2.24) is 0 Å². The standard InChI is InChI=1S/C8H10N2OS/c1-10-4-2-7(3-5-10)12-6-8(9)11/h2-5H,6H2,1H3,(H-,9,11)/p+1. The van der Waals surface area contributed by atoms with E-state index >= 15 is 0 Å². The molecule has 4 heteroatoms. The molecule has 0 aromatic carbocycles. The molecule has 1 aromatic heterocycles. The Hall–Kier alpha value is -1.03. The smallest absolute Gasteiger partial charge is 0.227 e. The van der Waals surface area contributed by atoms with Crippen LogP contribution in [0.15, 0.2) is 29.4 Å². The predicted molar refractivity (Wildman–Crippen MR) is 47.5 cm³/mol. The second-order valence-corrected chi connectivity index (χ2v) is 3.50. The number of carbonyl (C=O) groups excluding carboxylic acids is 1. The summed E-state index contributed by atoms with van der Waals surface area (Å²) in [6.45, 7) is 0. The van der Waals surface area contributed by atoms with Crippen molar-refractivity contribution in [3.63, 3.8) is 0 Å². The van der Waals surface area contributed by atoms with E-state index in [4.69, 9.17) is 5.73 Å². The van der Waals surface area contributed by atoms with Crippen LogP contribution in [0.4, 0.5) is 0 Å². The van der Waals surface area contributed by atoms with Crippen LogP contribution in [0, 0.1) is 0 Å². The molecule has 0 bridgehead atoms. The number of primary amides is 1. The fourth-order valence-corrected chi connectivity index (χ4v) is 1.36. The molecule has 12 heavy (non-hydrogen) atoms. The zero-order chi connectivity index (χ0) is 8.97. The van der Waals surface area contributed by atoms with Crippen molar-refractivity contribution in [2.75, 3.05) is 5.75 Å². The van der Waals surface area contributed by atoms with Gasteiger partial charge in [-0.25, -0.2) is 4.57 Å². The van der Waals surface area contributed by atoms with Crippen molar-refractivity contribution in [1.29, 1.82) is 0 Å². The van der Waals surface area contributed by atoms with Crippen LogP contribution < -0.4 is 10.3 Å². The van der Waals surface area contributed by atoms with Crippen LogP contribution >= 0.6 is 11.8 Å². The maximum atomic E-state index is 10.4. The minimum atomic E-state index is -0.284. The first kappa shape index (κ1) is 9.06. The number of carbonyl (C=O) groups is 1. The van der Waals surface area contributed by atoms with Gasteiger partial charge in [-0.2, -0.15) is 0 Å². The van der Waals surface area contributed by atoms with E-state index in [-0.39, 0.29) is 5.91 Å². The van der Waals surface area contributed by atoms with Gasteiger partial charge in [0, 0.05) is 17.0 Å². The van der Waals surface area contributed by atoms with Crippen LogP contribution in [0.5, 0.6) is 0 Å². The molecule has 3 nitrogen and oxygen atoms in total. The molecule has 0 unspecified atom stereocenters. The lowest BCUT2D eigenvalue weighted by molar-refractivity contribution is -0.671. The minimum Gasteiger partial charge on any atom is -0.369 e. The third-order valence-electron chi connectivity index (χ3n) is 1.33. The number of hydrogen-bond donors (Lipinski definition) is 1. The fraction of sp³-hybridized carbons (Fsp3) is 0.250. The largest absolute Gasteiger partial charge is 0.369 e. The third-order valence-corrected chi connectivity index (χ3v) is 2.36. The molecule has 0 spiro atoms. The Labute approximate surface area is 75.6 Å². The van der Waals surface area contributed by atoms with Crippen molar-refractivity contribution >= 4 is 17.7 Å². The van der Waals surface area contributed by atoms with Gasteiger partial charge < -0.3 is 5.73 Å². The number of thioether (sulfide) groups is 1. The second-order valence-electron chi connectivity index (χ2n) is 2.45. The summed E-state index contributed by atoms with van der Waals surface area (Å²) >= 11 is 1.45. The van der Waals surface area contributed by atoms with E-state index in [0.29, 0.717) is 5.75 Å². The molecule has 2 N–H and O–H groups in total. The zero-order valence-corrected chi connectivity index (χ0v) is 7.67. The van der Waals surface area contributed by atoms with E-state index in [0.717, 1.165) is 4.90 Å². The molecule has 64 valence electrons. The number of pyridine rings is 1. The van der Waals surface area contributed by atoms with E-state index in [2.05, 4.69) is 0 Å². The van der Waals surface area contributed by atoms with Gasteiger partial charge in [-0.1, -0.05) is 0 Å². The van der Waals surface area contributed by atoms with Crippen LogP contribution in [-0.4, -0.2) is 11.7 Å². The van der Waals surface area contributed by atoms with Gasteiger partial charge in [0.1, 0.15) is 7.05 Å². The molecule has 0 aliphatic carbocycles. The van der Waals surface area contributed by atoms with Gasteiger partial charge >= 0.3 is 0 Å². The van der Waals surface area contributed by atoms with E-state index in [1.165, 1.54) is 11.8 Å². The molecular weight excluding hydrogens is 172 g/mol. The fourth-order valence-electron chi connectivity index (χ4n) is 0.738. The summed E-state index contributed by atoms with van der Waals surface area (Å²) in [4.78, 5) is 11.5. The molecule has 0 radical (unpaired) electrons. The molecule has 0 fully saturated rings. The van der Waals surface area contributed by atoms with Crippen molar-refractivity contribution in [3.05, 3.63) is 24.5 Å². The number of aryl methyl sites for hydroxylation is 1. The Morgan fingerprint density at radius 2 is 2.17 bits per heavy atom. The Morgan fingerprint density at radius 1 is 1.58 bits per heavy atom. The van der Waals surface area contributed by atoms with Gasteiger partial charge in [0.2, 0.25) is 5.91 Å². The van der Waals surface area contributed by atoms with Gasteiger partial charge in [-0.15, -0.1) is 11.8 Å². The maximum Gasteiger partial charge on any atom is 0.227 e. The average Bonchev–Trinajstić information content (AvgIpc) is 2.03. The van der Waals surface area contributed by atoms with Crippen molar-refractivity contribution in [2.45, 2.75) is 4.90 Å². The number of nitrogens with zero attached hydrogens (tertiary/aromatic N) is 1. The van der Waals surface area contributed by atoms with Gasteiger partial charge in [-0.05, 0) is 0 Å². The topological polar surface area (TPSA) is 47.0 Å². The summed E-state index contributed by atoms with van der Waals surface area (Å²) in [5, 5.41) is 0. The van der Waals surface area contributed by atoms with Gasteiger partial charge in [0.15, 0.2) is 12.4 Å². The number of nitrogens with two attached hydrogens (primary N) is 1. The van der Waals surface area contributed by atoms with Crippen molar-refractivity contribution in [2.24, 2.45) is 12.8 Å². The number of amides is 1. The quantitative estimate of drug-likeness (QED) is 0.533. The van der Waals surface area contributed by atoms with Crippen LogP contribution in [-0.2, 0) is 11.8 Å². The lowest BCUT2D eigenvalue weighted by Crippen LogP contribution is -2.25. The molecule has 0 saturated carbocycles. The lowest BCUT2D eigenvalue weighted by Gasteiger charge is -1.95. The molecular formula is C8H11N2OS+. The van der Waals surface area contributed by atoms with Crippen LogP contribution in [0.1, 0.15) is 0 Å². The molecule has 1 aromatic rings. The summed E-state index contributed by atoms with van der Waals surface area (Å²) < 4.78 is 1.94. The first-order valence-electron chi connectivity index (χ1n) is 3.55. The van der Waals surface area contributed by atoms with Crippen molar-refractivity contribution < 1.29 is 9.36 Å². The first-order valence-corrected chi connectivity index (χ1v) is 4.53. The molecule has 0 atom stereocenters. The average molecular weight is 183 g/mol. The predicted octanol–water partition coefficient (Wildman–Crippen LogP) is 0.0885. The molecule has 0 aliphatic heterocycles. The maximum absolute atomic E-state index is 10.4. The number of hydrogen-bond acceptors (Lipinski definition) is 2. The Kier molecular flexibility index (Phi) is 3.10. The summed E-state index contributed by atoms with van der Waals surface area (Å²) in [6, 6.07) is 3.90. The van der Waals surface area contributed by atoms with Crippen LogP contribution in [0.2, 0.25) is 0 Å². The third kappa shape index (κ3) is 2.92. The van der Waals surface area contributed by atoms with E-state index in [9.17, 15) is 4.79 Å². The van der Waals surface area contributed by atoms with Gasteiger partial charge in [0.05, 0.1) is 5.75 Å². The SMILES string of the molecule is C[n+]1ccc(SCC(N)=O)cc1. The Bertz CT molecular complexity index is 271. The Morgan fingerprint density at radius 3 is 2.67 bits per heavy atom.